The van der Waals surface area contributed by atoms with Crippen LogP contribution in [0.1, 0.15) is 50.1 Å². The summed E-state index contributed by atoms with van der Waals surface area (Å²) < 4.78 is 0. The lowest BCUT2D eigenvalue weighted by molar-refractivity contribution is -0.137. The summed E-state index contributed by atoms with van der Waals surface area (Å²) in [6, 6.07) is 0. The van der Waals surface area contributed by atoms with Crippen molar-refractivity contribution in [3.05, 3.63) is 23.2 Å². The summed E-state index contributed by atoms with van der Waals surface area (Å²) in [7, 11) is 0. The van der Waals surface area contributed by atoms with Crippen molar-refractivity contribution in [1.29, 1.82) is 0 Å². The summed E-state index contributed by atoms with van der Waals surface area (Å²) >= 11 is 6.06. The van der Waals surface area contributed by atoms with Gasteiger partial charge in [0.2, 0.25) is 0 Å². The van der Waals surface area contributed by atoms with Crippen LogP contribution in [0.2, 0.25) is 5.15 Å². The molecule has 100 valence electrons. The molecule has 0 aliphatic heterocycles. The monoisotopic (exact) mass is 278 g/mol. The van der Waals surface area contributed by atoms with Crippen LogP contribution in [0.5, 0.6) is 0 Å². The van der Waals surface area contributed by atoms with Crippen LogP contribution in [0.4, 0.5) is 0 Å². The largest absolute Gasteiger partial charge is 0.299 e. The predicted octanol–water partition coefficient (Wildman–Crippen LogP) is 2.71. The summed E-state index contributed by atoms with van der Waals surface area (Å²) in [6.45, 7) is 0. The summed E-state index contributed by atoms with van der Waals surface area (Å²) in [5.41, 5.74) is 0.127. The highest BCUT2D eigenvalue weighted by Gasteiger charge is 2.51. The van der Waals surface area contributed by atoms with Crippen molar-refractivity contribution >= 4 is 23.2 Å². The molecule has 0 amide bonds. The highest BCUT2D eigenvalue weighted by atomic mass is 35.5. The fraction of sp³-hybridized carbons (Fsp3) is 0.571. The van der Waals surface area contributed by atoms with Crippen molar-refractivity contribution in [3.63, 3.8) is 0 Å². The third kappa shape index (κ3) is 1.98. The van der Waals surface area contributed by atoms with Gasteiger partial charge in [0, 0.05) is 31.2 Å². The molecule has 0 unspecified atom stereocenters. The number of aromatic nitrogens is 2. The van der Waals surface area contributed by atoms with E-state index in [0.29, 0.717) is 30.8 Å². The molecular formula is C14H15ClN2O2. The van der Waals surface area contributed by atoms with E-state index >= 15 is 0 Å². The van der Waals surface area contributed by atoms with Gasteiger partial charge >= 0.3 is 0 Å². The number of ketones is 2. The average molecular weight is 279 g/mol. The van der Waals surface area contributed by atoms with E-state index in [1.54, 1.807) is 12.4 Å². The molecule has 0 radical (unpaired) electrons. The molecule has 2 aliphatic carbocycles. The maximum absolute atomic E-state index is 12.0. The van der Waals surface area contributed by atoms with Gasteiger partial charge < -0.3 is 0 Å². The summed E-state index contributed by atoms with van der Waals surface area (Å²) in [6.07, 6.45) is 6.92. The molecule has 3 rings (SSSR count). The van der Waals surface area contributed by atoms with Crippen molar-refractivity contribution in [3.8, 4) is 0 Å². The molecule has 4 nitrogen and oxygen atoms in total. The van der Waals surface area contributed by atoms with E-state index < -0.39 is 5.41 Å². The number of hydrogen-bond acceptors (Lipinski definition) is 4. The van der Waals surface area contributed by atoms with E-state index in [1.807, 2.05) is 0 Å². The Kier molecular flexibility index (Phi) is 3.13. The fourth-order valence-electron chi connectivity index (χ4n) is 3.41. The molecule has 2 saturated carbocycles. The zero-order valence-corrected chi connectivity index (χ0v) is 11.3. The minimum atomic E-state index is -0.675. The molecule has 0 bridgehead atoms. The molecule has 1 spiro atoms. The first-order chi connectivity index (χ1) is 9.13. The number of hydrogen-bond donors (Lipinski definition) is 0. The van der Waals surface area contributed by atoms with E-state index in [2.05, 4.69) is 9.97 Å². The molecule has 2 fully saturated rings. The third-order valence-corrected chi connectivity index (χ3v) is 4.84. The molecule has 1 heterocycles. The van der Waals surface area contributed by atoms with Gasteiger partial charge in [-0.3, -0.25) is 14.6 Å². The van der Waals surface area contributed by atoms with Gasteiger partial charge in [0.1, 0.15) is 11.6 Å². The first-order valence-corrected chi connectivity index (χ1v) is 7.04. The van der Waals surface area contributed by atoms with E-state index in [9.17, 15) is 9.59 Å². The number of nitrogens with zero attached hydrogens (tertiary/aromatic N) is 2. The Hall–Kier alpha value is -1.29. The second kappa shape index (κ2) is 4.67. The van der Waals surface area contributed by atoms with Gasteiger partial charge in [-0.25, -0.2) is 4.98 Å². The van der Waals surface area contributed by atoms with E-state index in [4.69, 9.17) is 11.6 Å². The molecule has 1 aromatic heterocycles. The fourth-order valence-corrected chi connectivity index (χ4v) is 3.67. The standard InChI is InChI=1S/C14H15ClN2O2/c15-13-12(16-7-8-17-13)9-3-5-14(6-4-9)10(18)1-2-11(14)19/h7-9H,1-6H2. The number of Topliss-reactive ketones (excluding diaryl/α,β-unsaturated/α-hetero) is 2. The maximum atomic E-state index is 12.0. The molecular weight excluding hydrogens is 264 g/mol. The minimum Gasteiger partial charge on any atom is -0.299 e. The molecule has 19 heavy (non-hydrogen) atoms. The SMILES string of the molecule is O=C1CCC(=O)C12CCC(c1nccnc1Cl)CC2. The molecule has 1 aromatic rings. The lowest BCUT2D eigenvalue weighted by Crippen LogP contribution is -2.36. The Labute approximate surface area is 116 Å². The normalized spacial score (nSPS) is 23.2. The van der Waals surface area contributed by atoms with Gasteiger partial charge in [0.25, 0.3) is 0 Å². The van der Waals surface area contributed by atoms with Crippen molar-refractivity contribution in [1.82, 2.24) is 9.97 Å². The number of carbonyl (C=O) groups is 2. The van der Waals surface area contributed by atoms with Gasteiger partial charge in [-0.1, -0.05) is 11.6 Å². The molecule has 0 aromatic carbocycles. The van der Waals surface area contributed by atoms with Crippen molar-refractivity contribution < 1.29 is 9.59 Å². The Balaban J connectivity index is 1.79. The van der Waals surface area contributed by atoms with Crippen molar-refractivity contribution in [2.45, 2.75) is 44.4 Å². The van der Waals surface area contributed by atoms with Gasteiger partial charge in [-0.05, 0) is 25.7 Å². The van der Waals surface area contributed by atoms with Crippen LogP contribution in [-0.2, 0) is 9.59 Å². The maximum Gasteiger partial charge on any atom is 0.150 e. The predicted molar refractivity (Wildman–Crippen MR) is 69.9 cm³/mol. The van der Waals surface area contributed by atoms with Crippen LogP contribution in [0, 0.1) is 5.41 Å². The molecule has 0 saturated heterocycles. The Morgan fingerprint density at radius 3 is 2.21 bits per heavy atom. The third-order valence-electron chi connectivity index (χ3n) is 4.55. The van der Waals surface area contributed by atoms with Crippen LogP contribution in [0.15, 0.2) is 12.4 Å². The van der Waals surface area contributed by atoms with Gasteiger partial charge in [0.05, 0.1) is 11.1 Å². The van der Waals surface area contributed by atoms with Crippen molar-refractivity contribution in [2.75, 3.05) is 0 Å². The van der Waals surface area contributed by atoms with Crippen LogP contribution < -0.4 is 0 Å². The second-order valence-corrected chi connectivity index (χ2v) is 5.79. The quantitative estimate of drug-likeness (QED) is 0.741. The number of halogens is 1. The van der Waals surface area contributed by atoms with Gasteiger partial charge in [-0.2, -0.15) is 0 Å². The summed E-state index contributed by atoms with van der Waals surface area (Å²) in [5.74, 6) is 0.496. The Bertz CT molecular complexity index is 518. The average Bonchev–Trinajstić information content (AvgIpc) is 2.69. The number of rotatable bonds is 1. The first-order valence-electron chi connectivity index (χ1n) is 6.66. The van der Waals surface area contributed by atoms with Crippen LogP contribution in [0.25, 0.3) is 0 Å². The Morgan fingerprint density at radius 2 is 1.63 bits per heavy atom. The Morgan fingerprint density at radius 1 is 1.05 bits per heavy atom. The smallest absolute Gasteiger partial charge is 0.150 e. The molecule has 5 heteroatoms. The zero-order chi connectivity index (χ0) is 13.5. The lowest BCUT2D eigenvalue weighted by atomic mass is 9.68. The van der Waals surface area contributed by atoms with Crippen molar-refractivity contribution in [2.24, 2.45) is 5.41 Å². The minimum absolute atomic E-state index is 0.140. The highest BCUT2D eigenvalue weighted by Crippen LogP contribution is 2.48. The van der Waals surface area contributed by atoms with Crippen LogP contribution in [-0.4, -0.2) is 21.5 Å². The van der Waals surface area contributed by atoms with Crippen LogP contribution in [0.3, 0.4) is 0 Å². The van der Waals surface area contributed by atoms with E-state index in [1.165, 1.54) is 0 Å². The van der Waals surface area contributed by atoms with Crippen LogP contribution >= 0.6 is 11.6 Å². The molecule has 0 N–H and O–H groups in total. The van der Waals surface area contributed by atoms with E-state index in [-0.39, 0.29) is 17.5 Å². The molecule has 2 aliphatic rings. The van der Waals surface area contributed by atoms with Gasteiger partial charge in [-0.15, -0.1) is 0 Å². The number of carbonyl (C=O) groups excluding carboxylic acids is 2. The summed E-state index contributed by atoms with van der Waals surface area (Å²) in [4.78, 5) is 32.3. The first kappa shape index (κ1) is 12.7. The zero-order valence-electron chi connectivity index (χ0n) is 10.6. The second-order valence-electron chi connectivity index (χ2n) is 5.44. The summed E-state index contributed by atoms with van der Waals surface area (Å²) in [5, 5.41) is 0.438. The highest BCUT2D eigenvalue weighted by molar-refractivity contribution is 6.30. The molecule has 0 atom stereocenters. The lowest BCUT2D eigenvalue weighted by Gasteiger charge is -2.34. The van der Waals surface area contributed by atoms with E-state index in [0.717, 1.165) is 18.5 Å². The van der Waals surface area contributed by atoms with Gasteiger partial charge in [0.15, 0.2) is 5.15 Å². The topological polar surface area (TPSA) is 59.9 Å².